The lowest BCUT2D eigenvalue weighted by atomic mass is 10.1. The molecule has 0 aliphatic carbocycles. The van der Waals surface area contributed by atoms with E-state index in [1.165, 1.54) is 0 Å². The van der Waals surface area contributed by atoms with Gasteiger partial charge < -0.3 is 5.32 Å². The number of amides is 1. The molecule has 6 nitrogen and oxygen atoms in total. The van der Waals surface area contributed by atoms with Crippen LogP contribution in [-0.4, -0.2) is 44.2 Å². The van der Waals surface area contributed by atoms with Crippen molar-refractivity contribution in [3.8, 4) is 0 Å². The number of pyridine rings is 2. The molecular formula is C23H21F2N5O. The highest BCUT2D eigenvalue weighted by Crippen LogP contribution is 2.29. The predicted octanol–water partition coefficient (Wildman–Crippen LogP) is 4.37. The van der Waals surface area contributed by atoms with E-state index < -0.39 is 5.92 Å². The SMILES string of the molecule is O=C(Nc1ccc2ccccc2n1)c1nc(CN2CCC(F)(F)CC2)c2ccccn12. The molecule has 0 spiro atoms. The number of piperidine rings is 1. The number of nitrogens with one attached hydrogen (secondary N) is 1. The summed E-state index contributed by atoms with van der Waals surface area (Å²) in [6.45, 7) is 1.04. The van der Waals surface area contributed by atoms with E-state index in [0.717, 1.165) is 16.4 Å². The van der Waals surface area contributed by atoms with Crippen molar-refractivity contribution in [2.45, 2.75) is 25.3 Å². The first-order valence-electron chi connectivity index (χ1n) is 10.2. The summed E-state index contributed by atoms with van der Waals surface area (Å²) in [5.41, 5.74) is 2.27. The third-order valence-electron chi connectivity index (χ3n) is 5.63. The zero-order chi connectivity index (χ0) is 21.4. The van der Waals surface area contributed by atoms with Gasteiger partial charge in [-0.05, 0) is 30.3 Å². The van der Waals surface area contributed by atoms with E-state index in [-0.39, 0.29) is 24.6 Å². The van der Waals surface area contributed by atoms with Crippen LogP contribution in [0.4, 0.5) is 14.6 Å². The molecule has 5 rings (SSSR count). The second-order valence-corrected chi connectivity index (χ2v) is 7.81. The van der Waals surface area contributed by atoms with Crippen LogP contribution in [0.3, 0.4) is 0 Å². The van der Waals surface area contributed by atoms with Crippen molar-refractivity contribution < 1.29 is 13.6 Å². The van der Waals surface area contributed by atoms with Crippen LogP contribution in [0.2, 0.25) is 0 Å². The maximum absolute atomic E-state index is 13.5. The van der Waals surface area contributed by atoms with Gasteiger partial charge in [0, 0.05) is 44.1 Å². The average molecular weight is 421 g/mol. The summed E-state index contributed by atoms with van der Waals surface area (Å²) in [6.07, 6.45) is 1.47. The van der Waals surface area contributed by atoms with Gasteiger partial charge in [0.1, 0.15) is 5.82 Å². The summed E-state index contributed by atoms with van der Waals surface area (Å²) in [5, 5.41) is 3.81. The number of aromatic nitrogens is 3. The van der Waals surface area contributed by atoms with E-state index in [1.807, 2.05) is 53.4 Å². The Balaban J connectivity index is 1.40. The molecule has 0 bridgehead atoms. The van der Waals surface area contributed by atoms with Crippen molar-refractivity contribution in [1.29, 1.82) is 0 Å². The number of benzene rings is 1. The minimum absolute atomic E-state index is 0.153. The third-order valence-corrected chi connectivity index (χ3v) is 5.63. The van der Waals surface area contributed by atoms with Gasteiger partial charge in [0.2, 0.25) is 5.82 Å². The number of likely N-dealkylation sites (tertiary alicyclic amines) is 1. The first-order chi connectivity index (χ1) is 15.0. The molecule has 4 aromatic rings. The fourth-order valence-corrected chi connectivity index (χ4v) is 3.94. The Morgan fingerprint density at radius 1 is 1.00 bits per heavy atom. The highest BCUT2D eigenvalue weighted by atomic mass is 19.3. The second kappa shape index (κ2) is 7.70. The van der Waals surface area contributed by atoms with Gasteiger partial charge in [0.25, 0.3) is 11.8 Å². The zero-order valence-electron chi connectivity index (χ0n) is 16.8. The Labute approximate surface area is 177 Å². The van der Waals surface area contributed by atoms with Crippen LogP contribution in [0, 0.1) is 0 Å². The average Bonchev–Trinajstić information content (AvgIpc) is 3.14. The summed E-state index contributed by atoms with van der Waals surface area (Å²) < 4.78 is 28.7. The van der Waals surface area contributed by atoms with E-state index in [0.29, 0.717) is 31.1 Å². The molecule has 3 aromatic heterocycles. The Morgan fingerprint density at radius 2 is 1.77 bits per heavy atom. The summed E-state index contributed by atoms with van der Waals surface area (Å²) in [7, 11) is 0. The van der Waals surface area contributed by atoms with Crippen molar-refractivity contribution in [3.63, 3.8) is 0 Å². The first kappa shape index (κ1) is 19.6. The quantitative estimate of drug-likeness (QED) is 0.532. The topological polar surface area (TPSA) is 62.5 Å². The first-order valence-corrected chi connectivity index (χ1v) is 10.2. The van der Waals surface area contributed by atoms with E-state index in [4.69, 9.17) is 0 Å². The van der Waals surface area contributed by atoms with E-state index in [2.05, 4.69) is 15.3 Å². The zero-order valence-corrected chi connectivity index (χ0v) is 16.8. The molecule has 1 N–H and O–H groups in total. The van der Waals surface area contributed by atoms with Crippen molar-refractivity contribution in [3.05, 3.63) is 72.3 Å². The second-order valence-electron chi connectivity index (χ2n) is 7.81. The number of nitrogens with zero attached hydrogens (tertiary/aromatic N) is 4. The van der Waals surface area contributed by atoms with Crippen LogP contribution in [0.15, 0.2) is 60.8 Å². The molecule has 4 heterocycles. The van der Waals surface area contributed by atoms with Crippen LogP contribution in [-0.2, 0) is 6.54 Å². The van der Waals surface area contributed by atoms with Gasteiger partial charge in [-0.25, -0.2) is 18.7 Å². The lowest BCUT2D eigenvalue weighted by Gasteiger charge is -2.31. The molecule has 0 atom stereocenters. The number of hydrogen-bond acceptors (Lipinski definition) is 4. The molecule has 1 amide bonds. The smallest absolute Gasteiger partial charge is 0.293 e. The molecule has 0 saturated carbocycles. The summed E-state index contributed by atoms with van der Waals surface area (Å²) in [5.74, 6) is -2.29. The van der Waals surface area contributed by atoms with Gasteiger partial charge in [-0.1, -0.05) is 24.3 Å². The lowest BCUT2D eigenvalue weighted by Crippen LogP contribution is -2.38. The predicted molar refractivity (Wildman–Crippen MR) is 114 cm³/mol. The lowest BCUT2D eigenvalue weighted by molar-refractivity contribution is -0.0567. The van der Waals surface area contributed by atoms with Crippen LogP contribution < -0.4 is 5.32 Å². The molecular weight excluding hydrogens is 400 g/mol. The highest BCUT2D eigenvalue weighted by molar-refractivity contribution is 6.02. The fraction of sp³-hybridized carbons (Fsp3) is 0.261. The van der Waals surface area contributed by atoms with Crippen molar-refractivity contribution in [2.75, 3.05) is 18.4 Å². The molecule has 0 unspecified atom stereocenters. The fourth-order valence-electron chi connectivity index (χ4n) is 3.94. The largest absolute Gasteiger partial charge is 0.304 e. The number of fused-ring (bicyclic) bond motifs is 2. The van der Waals surface area contributed by atoms with Crippen LogP contribution in [0.25, 0.3) is 16.4 Å². The molecule has 0 radical (unpaired) electrons. The Bertz CT molecular complexity index is 1260. The number of hydrogen-bond donors (Lipinski definition) is 1. The highest BCUT2D eigenvalue weighted by Gasteiger charge is 2.34. The molecule has 31 heavy (non-hydrogen) atoms. The molecule has 158 valence electrons. The van der Waals surface area contributed by atoms with E-state index >= 15 is 0 Å². The Kier molecular flexibility index (Phi) is 4.86. The van der Waals surface area contributed by atoms with Crippen molar-refractivity contribution in [2.24, 2.45) is 0 Å². The van der Waals surface area contributed by atoms with E-state index in [9.17, 15) is 13.6 Å². The molecule has 1 aromatic carbocycles. The van der Waals surface area contributed by atoms with Gasteiger partial charge in [-0.2, -0.15) is 0 Å². The minimum Gasteiger partial charge on any atom is -0.304 e. The third kappa shape index (κ3) is 3.98. The normalized spacial score (nSPS) is 16.6. The number of alkyl halides is 2. The van der Waals surface area contributed by atoms with Gasteiger partial charge in [-0.15, -0.1) is 0 Å². The summed E-state index contributed by atoms with van der Waals surface area (Å²) in [6, 6.07) is 16.9. The minimum atomic E-state index is -2.59. The molecule has 1 aliphatic heterocycles. The van der Waals surface area contributed by atoms with Crippen molar-refractivity contribution in [1.82, 2.24) is 19.3 Å². The standard InChI is InChI=1S/C23H21F2N5O/c24-23(25)10-13-29(14-11-23)15-18-19-7-3-4-12-30(19)21(27-18)22(31)28-20-9-8-16-5-1-2-6-17(16)26-20/h1-9,12H,10-11,13-15H2,(H,26,28,31). The van der Waals surface area contributed by atoms with Crippen LogP contribution in [0.5, 0.6) is 0 Å². The molecule has 1 saturated heterocycles. The van der Waals surface area contributed by atoms with Gasteiger partial charge in [-0.3, -0.25) is 14.1 Å². The van der Waals surface area contributed by atoms with E-state index in [1.54, 1.807) is 16.7 Å². The number of imidazole rings is 1. The number of rotatable bonds is 4. The number of carbonyl (C=O) groups excluding carboxylic acids is 1. The number of halogens is 2. The van der Waals surface area contributed by atoms with Crippen molar-refractivity contribution >= 4 is 28.1 Å². The number of anilines is 1. The maximum Gasteiger partial charge on any atom is 0.293 e. The molecule has 1 aliphatic rings. The van der Waals surface area contributed by atoms with Crippen LogP contribution in [0.1, 0.15) is 29.2 Å². The molecule has 1 fully saturated rings. The summed E-state index contributed by atoms with van der Waals surface area (Å²) in [4.78, 5) is 24.0. The van der Waals surface area contributed by atoms with Gasteiger partial charge >= 0.3 is 0 Å². The number of para-hydroxylation sites is 1. The molecule has 8 heteroatoms. The summed E-state index contributed by atoms with van der Waals surface area (Å²) >= 11 is 0. The Hall–Kier alpha value is -3.39. The van der Waals surface area contributed by atoms with Crippen LogP contribution >= 0.6 is 0 Å². The monoisotopic (exact) mass is 421 g/mol. The Morgan fingerprint density at radius 3 is 2.61 bits per heavy atom. The number of carbonyl (C=O) groups is 1. The maximum atomic E-state index is 13.5. The van der Waals surface area contributed by atoms with Gasteiger partial charge in [0.05, 0.1) is 16.7 Å². The van der Waals surface area contributed by atoms with Gasteiger partial charge in [0.15, 0.2) is 0 Å².